The number of carbonyl (C=O) groups excluding carboxylic acids is 1. The molecule has 1 aliphatic carbocycles. The number of amides is 1. The van der Waals surface area contributed by atoms with Gasteiger partial charge in [0.2, 0.25) is 11.8 Å². The van der Waals surface area contributed by atoms with Crippen LogP contribution >= 0.6 is 0 Å². The van der Waals surface area contributed by atoms with Crippen molar-refractivity contribution in [3.05, 3.63) is 41.6 Å². The maximum atomic E-state index is 12.8. The molecule has 3 aromatic rings. The number of hydrogen-bond acceptors (Lipinski definition) is 6. The van der Waals surface area contributed by atoms with Gasteiger partial charge in [0.05, 0.1) is 24.7 Å². The second-order valence-electron chi connectivity index (χ2n) is 7.68. The predicted octanol–water partition coefficient (Wildman–Crippen LogP) is 2.12. The van der Waals surface area contributed by atoms with Gasteiger partial charge in [0.25, 0.3) is 0 Å². The van der Waals surface area contributed by atoms with Gasteiger partial charge in [0.1, 0.15) is 11.5 Å². The van der Waals surface area contributed by atoms with Crippen LogP contribution in [0.1, 0.15) is 42.5 Å². The molecule has 8 nitrogen and oxygen atoms in total. The number of aromatic nitrogens is 5. The fourth-order valence-corrected chi connectivity index (χ4v) is 3.81. The molecule has 2 aliphatic rings. The first-order valence-electron chi connectivity index (χ1n) is 10.2. The molecular formula is C21H24N6O2. The van der Waals surface area contributed by atoms with Crippen molar-refractivity contribution < 1.29 is 9.53 Å². The van der Waals surface area contributed by atoms with E-state index in [1.165, 1.54) is 12.8 Å². The highest BCUT2D eigenvalue weighted by Gasteiger charge is 2.30. The third-order valence-electron chi connectivity index (χ3n) is 5.62. The summed E-state index contributed by atoms with van der Waals surface area (Å²) in [6.07, 6.45) is 4.05. The Hall–Kier alpha value is -3.03. The molecule has 0 bridgehead atoms. The van der Waals surface area contributed by atoms with Crippen LogP contribution in [0.2, 0.25) is 0 Å². The normalized spacial score (nSPS) is 16.5. The Morgan fingerprint density at radius 3 is 2.66 bits per heavy atom. The summed E-state index contributed by atoms with van der Waals surface area (Å²) < 4.78 is 7.39. The molecule has 150 valence electrons. The Labute approximate surface area is 168 Å². The van der Waals surface area contributed by atoms with Gasteiger partial charge in [0.15, 0.2) is 5.82 Å². The van der Waals surface area contributed by atoms with E-state index in [0.29, 0.717) is 44.3 Å². The zero-order valence-corrected chi connectivity index (χ0v) is 16.5. The van der Waals surface area contributed by atoms with Crippen molar-refractivity contribution in [2.45, 2.75) is 44.6 Å². The fourth-order valence-electron chi connectivity index (χ4n) is 3.81. The zero-order valence-electron chi connectivity index (χ0n) is 16.5. The van der Waals surface area contributed by atoms with Crippen molar-refractivity contribution >= 4 is 16.9 Å². The van der Waals surface area contributed by atoms with Gasteiger partial charge in [-0.05, 0) is 25.0 Å². The molecule has 1 saturated carbocycles. The van der Waals surface area contributed by atoms with Gasteiger partial charge >= 0.3 is 0 Å². The number of benzene rings is 1. The van der Waals surface area contributed by atoms with Crippen LogP contribution in [-0.4, -0.2) is 55.7 Å². The molecule has 0 radical (unpaired) electrons. The number of carbonyl (C=O) groups is 1. The highest BCUT2D eigenvalue weighted by atomic mass is 16.5. The molecule has 0 spiro atoms. The van der Waals surface area contributed by atoms with E-state index in [9.17, 15) is 4.79 Å². The van der Waals surface area contributed by atoms with Gasteiger partial charge in [-0.15, -0.1) is 0 Å². The standard InChI is InChI=1S/C21H24N6O2/c1-29-21-17(22-15-4-2-3-5-16(15)23-21)8-9-19(28)26-11-10-18-24-20(14-6-7-14)25-27(18)13-12-26/h2-5,14H,6-13H2,1H3. The monoisotopic (exact) mass is 392 g/mol. The number of para-hydroxylation sites is 2. The summed E-state index contributed by atoms with van der Waals surface area (Å²) in [4.78, 5) is 28.6. The minimum atomic E-state index is 0.121. The van der Waals surface area contributed by atoms with Crippen molar-refractivity contribution in [1.82, 2.24) is 29.6 Å². The van der Waals surface area contributed by atoms with E-state index in [1.54, 1.807) is 7.11 Å². The first-order valence-corrected chi connectivity index (χ1v) is 10.2. The van der Waals surface area contributed by atoms with Crippen LogP contribution in [0.15, 0.2) is 24.3 Å². The third kappa shape index (κ3) is 3.66. The van der Waals surface area contributed by atoms with E-state index in [-0.39, 0.29) is 5.91 Å². The van der Waals surface area contributed by atoms with Gasteiger partial charge in [-0.3, -0.25) is 4.79 Å². The summed E-state index contributed by atoms with van der Waals surface area (Å²) >= 11 is 0. The number of fused-ring (bicyclic) bond motifs is 2. The average Bonchev–Trinajstić information content (AvgIpc) is 3.55. The van der Waals surface area contributed by atoms with E-state index in [0.717, 1.165) is 34.8 Å². The van der Waals surface area contributed by atoms with E-state index >= 15 is 0 Å². The summed E-state index contributed by atoms with van der Waals surface area (Å²) in [7, 11) is 1.59. The Morgan fingerprint density at radius 1 is 1.10 bits per heavy atom. The number of ether oxygens (including phenoxy) is 1. The average molecular weight is 392 g/mol. The lowest BCUT2D eigenvalue weighted by Crippen LogP contribution is -2.34. The van der Waals surface area contributed by atoms with Crippen LogP contribution in [0, 0.1) is 0 Å². The largest absolute Gasteiger partial charge is 0.480 e. The van der Waals surface area contributed by atoms with Crippen LogP contribution in [0.5, 0.6) is 5.88 Å². The van der Waals surface area contributed by atoms with E-state index < -0.39 is 0 Å². The molecule has 1 aliphatic heterocycles. The quantitative estimate of drug-likeness (QED) is 0.661. The smallest absolute Gasteiger partial charge is 0.235 e. The Kier molecular flexibility index (Phi) is 4.61. The molecule has 0 saturated heterocycles. The first-order chi connectivity index (χ1) is 14.2. The van der Waals surface area contributed by atoms with Crippen molar-refractivity contribution in [3.8, 4) is 5.88 Å². The lowest BCUT2D eigenvalue weighted by atomic mass is 10.2. The number of aryl methyl sites for hydroxylation is 1. The first kappa shape index (κ1) is 18.0. The van der Waals surface area contributed by atoms with Gasteiger partial charge in [-0.25, -0.2) is 19.6 Å². The van der Waals surface area contributed by atoms with Gasteiger partial charge in [0, 0.05) is 38.3 Å². The topological polar surface area (TPSA) is 86.0 Å². The minimum Gasteiger partial charge on any atom is -0.480 e. The van der Waals surface area contributed by atoms with E-state index in [1.807, 2.05) is 33.8 Å². The van der Waals surface area contributed by atoms with Gasteiger partial charge in [-0.1, -0.05) is 12.1 Å². The highest BCUT2D eigenvalue weighted by molar-refractivity contribution is 5.77. The SMILES string of the molecule is COc1nc2ccccc2nc1CCC(=O)N1CCc2nc(C3CC3)nn2CC1. The zero-order chi connectivity index (χ0) is 19.8. The summed E-state index contributed by atoms with van der Waals surface area (Å²) in [6, 6.07) is 7.68. The second-order valence-corrected chi connectivity index (χ2v) is 7.68. The molecule has 1 aromatic carbocycles. The molecule has 3 heterocycles. The van der Waals surface area contributed by atoms with Crippen LogP contribution in [0.25, 0.3) is 11.0 Å². The van der Waals surface area contributed by atoms with Crippen molar-refractivity contribution in [3.63, 3.8) is 0 Å². The summed E-state index contributed by atoms with van der Waals surface area (Å²) in [5.41, 5.74) is 2.32. The molecule has 0 N–H and O–H groups in total. The van der Waals surface area contributed by atoms with Crippen molar-refractivity contribution in [1.29, 1.82) is 0 Å². The number of rotatable bonds is 5. The third-order valence-corrected chi connectivity index (χ3v) is 5.62. The molecule has 2 aromatic heterocycles. The summed E-state index contributed by atoms with van der Waals surface area (Å²) in [5, 5.41) is 4.64. The maximum Gasteiger partial charge on any atom is 0.235 e. The van der Waals surface area contributed by atoms with Crippen LogP contribution in [0.4, 0.5) is 0 Å². The van der Waals surface area contributed by atoms with E-state index in [4.69, 9.17) is 9.72 Å². The number of nitrogens with zero attached hydrogens (tertiary/aromatic N) is 6. The molecule has 29 heavy (non-hydrogen) atoms. The molecule has 5 rings (SSSR count). The van der Waals surface area contributed by atoms with Crippen molar-refractivity contribution in [2.75, 3.05) is 20.2 Å². The Morgan fingerprint density at radius 2 is 1.90 bits per heavy atom. The van der Waals surface area contributed by atoms with Gasteiger partial charge in [-0.2, -0.15) is 5.10 Å². The van der Waals surface area contributed by atoms with Crippen LogP contribution in [0.3, 0.4) is 0 Å². The number of hydrogen-bond donors (Lipinski definition) is 0. The molecule has 0 unspecified atom stereocenters. The molecule has 0 atom stereocenters. The second kappa shape index (κ2) is 7.42. The molecule has 1 amide bonds. The molecule has 1 fully saturated rings. The summed E-state index contributed by atoms with van der Waals surface area (Å²) in [5.74, 6) is 3.16. The van der Waals surface area contributed by atoms with E-state index in [2.05, 4.69) is 15.1 Å². The van der Waals surface area contributed by atoms with Crippen LogP contribution in [-0.2, 0) is 24.2 Å². The lowest BCUT2D eigenvalue weighted by Gasteiger charge is -2.20. The lowest BCUT2D eigenvalue weighted by molar-refractivity contribution is -0.131. The van der Waals surface area contributed by atoms with Crippen molar-refractivity contribution in [2.24, 2.45) is 0 Å². The molecule has 8 heteroatoms. The summed E-state index contributed by atoms with van der Waals surface area (Å²) in [6.45, 7) is 2.06. The highest BCUT2D eigenvalue weighted by Crippen LogP contribution is 2.38. The van der Waals surface area contributed by atoms with Crippen LogP contribution < -0.4 is 4.74 Å². The van der Waals surface area contributed by atoms with Gasteiger partial charge < -0.3 is 9.64 Å². The molecular weight excluding hydrogens is 368 g/mol. The maximum absolute atomic E-state index is 12.8. The fraction of sp³-hybridized carbons (Fsp3) is 0.476. The number of methoxy groups -OCH3 is 1. The Balaban J connectivity index is 1.24. The predicted molar refractivity (Wildman–Crippen MR) is 107 cm³/mol. The Bertz CT molecular complexity index is 1030. The minimum absolute atomic E-state index is 0.121.